The molecule has 0 atom stereocenters. The van der Waals surface area contributed by atoms with Crippen LogP contribution in [0.2, 0.25) is 0 Å². The Labute approximate surface area is 86.1 Å². The van der Waals surface area contributed by atoms with Gasteiger partial charge >= 0.3 is 0 Å². The van der Waals surface area contributed by atoms with Gasteiger partial charge in [0.05, 0.1) is 5.54 Å². The maximum Gasteiger partial charge on any atom is 0.109 e. The van der Waals surface area contributed by atoms with Crippen molar-refractivity contribution in [3.05, 3.63) is 49.8 Å². The summed E-state index contributed by atoms with van der Waals surface area (Å²) in [5.74, 6) is 0.178. The first kappa shape index (κ1) is 12.7. The highest BCUT2D eigenvalue weighted by atomic mass is 16.3. The van der Waals surface area contributed by atoms with Crippen molar-refractivity contribution < 1.29 is 5.11 Å². The Hall–Kier alpha value is -1.28. The molecule has 0 unspecified atom stereocenters. The first-order valence-electron chi connectivity index (χ1n) is 4.62. The molecule has 0 bridgehead atoms. The molecule has 0 spiro atoms. The standard InChI is InChI=1S/C12H19NO/c1-4-7-8-11(14)12(13,9-5-2)10-6-3/h4-6,8,14H,1-3,7,9-10,13H2. The van der Waals surface area contributed by atoms with Gasteiger partial charge in [0, 0.05) is 0 Å². The molecule has 0 rings (SSSR count). The minimum atomic E-state index is -0.757. The largest absolute Gasteiger partial charge is 0.511 e. The summed E-state index contributed by atoms with van der Waals surface area (Å²) in [5, 5.41) is 9.75. The third kappa shape index (κ3) is 3.62. The maximum atomic E-state index is 9.75. The minimum Gasteiger partial charge on any atom is -0.511 e. The third-order valence-corrected chi connectivity index (χ3v) is 2.01. The summed E-state index contributed by atoms with van der Waals surface area (Å²) in [5.41, 5.74) is 5.25. The van der Waals surface area contributed by atoms with Crippen LogP contribution in [-0.4, -0.2) is 10.6 Å². The van der Waals surface area contributed by atoms with Gasteiger partial charge in [-0.15, -0.1) is 19.7 Å². The fourth-order valence-corrected chi connectivity index (χ4v) is 1.21. The van der Waals surface area contributed by atoms with Crippen LogP contribution in [0.5, 0.6) is 0 Å². The fourth-order valence-electron chi connectivity index (χ4n) is 1.21. The van der Waals surface area contributed by atoms with Gasteiger partial charge in [-0.25, -0.2) is 0 Å². The average Bonchev–Trinajstić information content (AvgIpc) is 2.15. The van der Waals surface area contributed by atoms with Crippen LogP contribution in [0.1, 0.15) is 19.3 Å². The lowest BCUT2D eigenvalue weighted by Crippen LogP contribution is -2.41. The molecule has 78 valence electrons. The van der Waals surface area contributed by atoms with Crippen molar-refractivity contribution in [2.75, 3.05) is 0 Å². The molecular weight excluding hydrogens is 174 g/mol. The molecule has 0 aliphatic rings. The number of hydrogen-bond acceptors (Lipinski definition) is 2. The average molecular weight is 193 g/mol. The first-order valence-corrected chi connectivity index (χ1v) is 4.62. The maximum absolute atomic E-state index is 9.75. The predicted octanol–water partition coefficient (Wildman–Crippen LogP) is 2.85. The number of hydrogen-bond donors (Lipinski definition) is 2. The monoisotopic (exact) mass is 193 g/mol. The van der Waals surface area contributed by atoms with E-state index < -0.39 is 5.54 Å². The first-order chi connectivity index (χ1) is 6.60. The highest BCUT2D eigenvalue weighted by Gasteiger charge is 2.26. The molecule has 2 heteroatoms. The zero-order valence-electron chi connectivity index (χ0n) is 8.58. The van der Waals surface area contributed by atoms with Gasteiger partial charge in [0.2, 0.25) is 0 Å². The third-order valence-electron chi connectivity index (χ3n) is 2.01. The quantitative estimate of drug-likeness (QED) is 0.482. The van der Waals surface area contributed by atoms with Crippen LogP contribution in [-0.2, 0) is 0 Å². The molecule has 0 saturated heterocycles. The van der Waals surface area contributed by atoms with Crippen molar-refractivity contribution in [2.45, 2.75) is 24.8 Å². The summed E-state index contributed by atoms with van der Waals surface area (Å²) in [4.78, 5) is 0. The van der Waals surface area contributed by atoms with E-state index in [0.717, 1.165) is 0 Å². The van der Waals surface area contributed by atoms with Crippen LogP contribution in [0, 0.1) is 0 Å². The lowest BCUT2D eigenvalue weighted by molar-refractivity contribution is 0.293. The van der Waals surface area contributed by atoms with E-state index in [1.807, 2.05) is 0 Å². The molecule has 0 aromatic rings. The predicted molar refractivity (Wildman–Crippen MR) is 62.1 cm³/mol. The molecule has 3 N–H and O–H groups in total. The molecule has 0 heterocycles. The molecular formula is C12H19NO. The van der Waals surface area contributed by atoms with E-state index in [9.17, 15) is 5.11 Å². The summed E-state index contributed by atoms with van der Waals surface area (Å²) in [6, 6.07) is 0. The van der Waals surface area contributed by atoms with E-state index in [1.165, 1.54) is 0 Å². The highest BCUT2D eigenvalue weighted by Crippen LogP contribution is 2.21. The van der Waals surface area contributed by atoms with Crippen molar-refractivity contribution in [1.82, 2.24) is 0 Å². The van der Waals surface area contributed by atoms with Crippen molar-refractivity contribution in [2.24, 2.45) is 5.73 Å². The lowest BCUT2D eigenvalue weighted by Gasteiger charge is -2.26. The van der Waals surface area contributed by atoms with Crippen LogP contribution in [0.15, 0.2) is 49.8 Å². The van der Waals surface area contributed by atoms with Crippen LogP contribution in [0.4, 0.5) is 0 Å². The molecule has 2 nitrogen and oxygen atoms in total. The van der Waals surface area contributed by atoms with Crippen LogP contribution in [0.3, 0.4) is 0 Å². The number of allylic oxidation sites excluding steroid dienone is 2. The van der Waals surface area contributed by atoms with Gasteiger partial charge in [0.1, 0.15) is 5.76 Å². The van der Waals surface area contributed by atoms with Gasteiger partial charge in [-0.05, 0) is 25.3 Å². The van der Waals surface area contributed by atoms with E-state index in [4.69, 9.17) is 5.73 Å². The number of aliphatic hydroxyl groups is 1. The van der Waals surface area contributed by atoms with Crippen LogP contribution in [0.25, 0.3) is 0 Å². The van der Waals surface area contributed by atoms with E-state index in [0.29, 0.717) is 19.3 Å². The molecule has 0 amide bonds. The Morgan fingerprint density at radius 2 is 1.64 bits per heavy atom. The van der Waals surface area contributed by atoms with Gasteiger partial charge in [0.25, 0.3) is 0 Å². The molecule has 0 radical (unpaired) electrons. The second-order valence-corrected chi connectivity index (χ2v) is 3.26. The van der Waals surface area contributed by atoms with E-state index in [-0.39, 0.29) is 5.76 Å². The summed E-state index contributed by atoms with van der Waals surface area (Å²) in [6.07, 6.45) is 8.43. The number of rotatable bonds is 7. The molecule has 14 heavy (non-hydrogen) atoms. The summed E-state index contributed by atoms with van der Waals surface area (Å²) in [6.45, 7) is 10.8. The smallest absolute Gasteiger partial charge is 0.109 e. The van der Waals surface area contributed by atoms with Gasteiger partial charge < -0.3 is 10.8 Å². The Bertz CT molecular complexity index is 231. The van der Waals surface area contributed by atoms with Crippen LogP contribution < -0.4 is 5.73 Å². The second kappa shape index (κ2) is 6.22. The van der Waals surface area contributed by atoms with Crippen molar-refractivity contribution in [3.8, 4) is 0 Å². The molecule has 0 aliphatic heterocycles. The summed E-state index contributed by atoms with van der Waals surface area (Å²) in [7, 11) is 0. The molecule has 0 saturated carbocycles. The van der Waals surface area contributed by atoms with Gasteiger partial charge in [-0.1, -0.05) is 18.2 Å². The van der Waals surface area contributed by atoms with Gasteiger partial charge in [0.15, 0.2) is 0 Å². The topological polar surface area (TPSA) is 46.2 Å². The Balaban J connectivity index is 4.68. The lowest BCUT2D eigenvalue weighted by atomic mass is 9.89. The minimum absolute atomic E-state index is 0.178. The second-order valence-electron chi connectivity index (χ2n) is 3.26. The molecule has 0 aromatic carbocycles. The Kier molecular flexibility index (Phi) is 5.65. The zero-order valence-corrected chi connectivity index (χ0v) is 8.58. The van der Waals surface area contributed by atoms with Gasteiger partial charge in [-0.3, -0.25) is 0 Å². The van der Waals surface area contributed by atoms with E-state index in [1.54, 1.807) is 24.3 Å². The Morgan fingerprint density at radius 1 is 1.14 bits per heavy atom. The highest BCUT2D eigenvalue weighted by molar-refractivity contribution is 5.16. The van der Waals surface area contributed by atoms with Gasteiger partial charge in [-0.2, -0.15) is 0 Å². The van der Waals surface area contributed by atoms with Crippen molar-refractivity contribution in [1.29, 1.82) is 0 Å². The van der Waals surface area contributed by atoms with Crippen molar-refractivity contribution >= 4 is 0 Å². The normalized spacial score (nSPS) is 12.2. The SMILES string of the molecule is C=CCC=C(O)C(N)(CC=C)CC=C. The summed E-state index contributed by atoms with van der Waals surface area (Å²) < 4.78 is 0. The van der Waals surface area contributed by atoms with E-state index >= 15 is 0 Å². The fraction of sp³-hybridized carbons (Fsp3) is 0.333. The zero-order chi connectivity index (χ0) is 11.0. The molecule has 0 fully saturated rings. The summed E-state index contributed by atoms with van der Waals surface area (Å²) >= 11 is 0. The molecule has 0 aliphatic carbocycles. The number of aliphatic hydroxyl groups excluding tert-OH is 1. The van der Waals surface area contributed by atoms with Crippen molar-refractivity contribution in [3.63, 3.8) is 0 Å². The van der Waals surface area contributed by atoms with Crippen LogP contribution >= 0.6 is 0 Å². The Morgan fingerprint density at radius 3 is 2.00 bits per heavy atom. The van der Waals surface area contributed by atoms with E-state index in [2.05, 4.69) is 19.7 Å². The number of nitrogens with two attached hydrogens (primary N) is 1. The molecule has 0 aromatic heterocycles.